The molecule has 4 heteroatoms. The molecule has 0 aliphatic carbocycles. The third kappa shape index (κ3) is 5.44. The molecule has 0 radical (unpaired) electrons. The third-order valence-electron chi connectivity index (χ3n) is 2.08. The lowest BCUT2D eigenvalue weighted by Crippen LogP contribution is -2.32. The SMILES string of the molecule is CC(C)NCCN(C)Cc1ncccn1. The largest absolute Gasteiger partial charge is 0.313 e. The van der Waals surface area contributed by atoms with Crippen LogP contribution in [-0.2, 0) is 6.54 Å². The lowest BCUT2D eigenvalue weighted by atomic mass is 10.4. The first-order valence-electron chi connectivity index (χ1n) is 5.36. The molecule has 84 valence electrons. The van der Waals surface area contributed by atoms with E-state index in [2.05, 4.69) is 41.1 Å². The highest BCUT2D eigenvalue weighted by Gasteiger charge is 2.01. The number of nitrogens with zero attached hydrogens (tertiary/aromatic N) is 3. The molecule has 0 saturated heterocycles. The van der Waals surface area contributed by atoms with Gasteiger partial charge in [0.05, 0.1) is 6.54 Å². The highest BCUT2D eigenvalue weighted by atomic mass is 15.1. The summed E-state index contributed by atoms with van der Waals surface area (Å²) in [6.07, 6.45) is 3.56. The second kappa shape index (κ2) is 6.48. The summed E-state index contributed by atoms with van der Waals surface area (Å²) in [5.74, 6) is 0.879. The lowest BCUT2D eigenvalue weighted by Gasteiger charge is -2.16. The fourth-order valence-electron chi connectivity index (χ4n) is 1.28. The summed E-state index contributed by atoms with van der Waals surface area (Å²) in [6.45, 7) is 7.12. The molecule has 0 spiro atoms. The number of likely N-dealkylation sites (N-methyl/N-ethyl adjacent to an activating group) is 1. The Morgan fingerprint density at radius 2 is 2.00 bits per heavy atom. The Kier molecular flexibility index (Phi) is 5.21. The Morgan fingerprint density at radius 1 is 1.33 bits per heavy atom. The van der Waals surface area contributed by atoms with E-state index in [0.29, 0.717) is 6.04 Å². The van der Waals surface area contributed by atoms with Gasteiger partial charge in [-0.15, -0.1) is 0 Å². The van der Waals surface area contributed by atoms with Crippen molar-refractivity contribution in [1.82, 2.24) is 20.2 Å². The van der Waals surface area contributed by atoms with Gasteiger partial charge in [-0.05, 0) is 13.1 Å². The average molecular weight is 208 g/mol. The Morgan fingerprint density at radius 3 is 2.60 bits per heavy atom. The van der Waals surface area contributed by atoms with Gasteiger partial charge in [0.2, 0.25) is 0 Å². The summed E-state index contributed by atoms with van der Waals surface area (Å²) in [7, 11) is 2.08. The minimum absolute atomic E-state index is 0.548. The van der Waals surface area contributed by atoms with Gasteiger partial charge in [-0.2, -0.15) is 0 Å². The van der Waals surface area contributed by atoms with Crippen LogP contribution in [0.4, 0.5) is 0 Å². The van der Waals surface area contributed by atoms with Gasteiger partial charge in [-0.1, -0.05) is 13.8 Å². The van der Waals surface area contributed by atoms with Gasteiger partial charge < -0.3 is 5.32 Å². The van der Waals surface area contributed by atoms with Gasteiger partial charge in [0.15, 0.2) is 0 Å². The van der Waals surface area contributed by atoms with E-state index in [0.717, 1.165) is 25.5 Å². The molecule has 0 saturated carbocycles. The highest BCUT2D eigenvalue weighted by molar-refractivity contribution is 4.87. The summed E-state index contributed by atoms with van der Waals surface area (Å²) in [6, 6.07) is 2.38. The molecule has 0 bridgehead atoms. The van der Waals surface area contributed by atoms with Gasteiger partial charge in [0.25, 0.3) is 0 Å². The molecule has 1 heterocycles. The van der Waals surface area contributed by atoms with E-state index in [4.69, 9.17) is 0 Å². The molecule has 1 N–H and O–H groups in total. The average Bonchev–Trinajstić information content (AvgIpc) is 2.18. The van der Waals surface area contributed by atoms with Crippen molar-refractivity contribution >= 4 is 0 Å². The second-order valence-corrected chi connectivity index (χ2v) is 4.01. The van der Waals surface area contributed by atoms with Crippen molar-refractivity contribution in [1.29, 1.82) is 0 Å². The molecule has 0 unspecified atom stereocenters. The molecule has 0 aliphatic heterocycles. The molecule has 0 amide bonds. The molecule has 1 aromatic heterocycles. The van der Waals surface area contributed by atoms with Crippen molar-refractivity contribution < 1.29 is 0 Å². The van der Waals surface area contributed by atoms with Crippen LogP contribution >= 0.6 is 0 Å². The van der Waals surface area contributed by atoms with Crippen LogP contribution in [0.2, 0.25) is 0 Å². The molecule has 0 aliphatic rings. The van der Waals surface area contributed by atoms with Crippen LogP contribution in [0, 0.1) is 0 Å². The van der Waals surface area contributed by atoms with Gasteiger partial charge in [0, 0.05) is 31.5 Å². The number of nitrogens with one attached hydrogen (secondary N) is 1. The van der Waals surface area contributed by atoms with E-state index in [9.17, 15) is 0 Å². The fraction of sp³-hybridized carbons (Fsp3) is 0.636. The van der Waals surface area contributed by atoms with Gasteiger partial charge >= 0.3 is 0 Å². The third-order valence-corrected chi connectivity index (χ3v) is 2.08. The zero-order chi connectivity index (χ0) is 11.1. The van der Waals surface area contributed by atoms with Crippen LogP contribution in [0.25, 0.3) is 0 Å². The molecule has 15 heavy (non-hydrogen) atoms. The molecular weight excluding hydrogens is 188 g/mol. The minimum Gasteiger partial charge on any atom is -0.313 e. The topological polar surface area (TPSA) is 41.0 Å². The van der Waals surface area contributed by atoms with Crippen molar-refractivity contribution in [2.75, 3.05) is 20.1 Å². The first-order valence-corrected chi connectivity index (χ1v) is 5.36. The standard InChI is InChI=1S/C11H20N4/c1-10(2)12-7-8-15(3)9-11-13-5-4-6-14-11/h4-6,10,12H,7-9H2,1-3H3. The predicted octanol–water partition coefficient (Wildman–Crippen LogP) is 0.906. The Hall–Kier alpha value is -1.00. The first kappa shape index (κ1) is 12.1. The Balaban J connectivity index is 2.21. The normalized spacial score (nSPS) is 11.3. The van der Waals surface area contributed by atoms with E-state index in [1.165, 1.54) is 0 Å². The number of rotatable bonds is 6. The van der Waals surface area contributed by atoms with Crippen LogP contribution in [0.5, 0.6) is 0 Å². The van der Waals surface area contributed by atoms with Gasteiger partial charge in [-0.3, -0.25) is 4.90 Å². The lowest BCUT2D eigenvalue weighted by molar-refractivity contribution is 0.312. The van der Waals surface area contributed by atoms with E-state index in [-0.39, 0.29) is 0 Å². The molecular formula is C11H20N4. The molecule has 4 nitrogen and oxygen atoms in total. The monoisotopic (exact) mass is 208 g/mol. The zero-order valence-electron chi connectivity index (χ0n) is 9.77. The Labute approximate surface area is 91.7 Å². The van der Waals surface area contributed by atoms with Crippen molar-refractivity contribution in [3.05, 3.63) is 24.3 Å². The van der Waals surface area contributed by atoms with Gasteiger partial charge in [0.1, 0.15) is 5.82 Å². The van der Waals surface area contributed by atoms with Crippen molar-refractivity contribution in [3.8, 4) is 0 Å². The maximum Gasteiger partial charge on any atom is 0.142 e. The molecule has 1 aromatic rings. The van der Waals surface area contributed by atoms with Crippen molar-refractivity contribution in [3.63, 3.8) is 0 Å². The first-order chi connectivity index (χ1) is 7.18. The summed E-state index contributed by atoms with van der Waals surface area (Å²) in [5.41, 5.74) is 0. The van der Waals surface area contributed by atoms with Crippen LogP contribution in [0.1, 0.15) is 19.7 Å². The van der Waals surface area contributed by atoms with Crippen LogP contribution in [-0.4, -0.2) is 41.0 Å². The molecule has 1 rings (SSSR count). The molecule has 0 aromatic carbocycles. The van der Waals surface area contributed by atoms with E-state index < -0.39 is 0 Å². The predicted molar refractivity (Wildman–Crippen MR) is 61.5 cm³/mol. The highest BCUT2D eigenvalue weighted by Crippen LogP contribution is 1.93. The summed E-state index contributed by atoms with van der Waals surface area (Å²) in [4.78, 5) is 10.6. The summed E-state index contributed by atoms with van der Waals surface area (Å²) < 4.78 is 0. The van der Waals surface area contributed by atoms with Crippen molar-refractivity contribution in [2.45, 2.75) is 26.4 Å². The molecule has 0 fully saturated rings. The molecule has 0 atom stereocenters. The van der Waals surface area contributed by atoms with Crippen molar-refractivity contribution in [2.24, 2.45) is 0 Å². The maximum atomic E-state index is 4.19. The fourth-order valence-corrected chi connectivity index (χ4v) is 1.28. The number of hydrogen-bond acceptors (Lipinski definition) is 4. The van der Waals surface area contributed by atoms with Crippen LogP contribution in [0.3, 0.4) is 0 Å². The smallest absolute Gasteiger partial charge is 0.142 e. The minimum atomic E-state index is 0.548. The van der Waals surface area contributed by atoms with E-state index >= 15 is 0 Å². The summed E-state index contributed by atoms with van der Waals surface area (Å²) in [5, 5.41) is 3.38. The van der Waals surface area contributed by atoms with Crippen LogP contribution in [0.15, 0.2) is 18.5 Å². The summed E-state index contributed by atoms with van der Waals surface area (Å²) >= 11 is 0. The quantitative estimate of drug-likeness (QED) is 0.754. The maximum absolute atomic E-state index is 4.19. The van der Waals surface area contributed by atoms with Gasteiger partial charge in [-0.25, -0.2) is 9.97 Å². The second-order valence-electron chi connectivity index (χ2n) is 4.01. The van der Waals surface area contributed by atoms with E-state index in [1.807, 2.05) is 6.07 Å². The van der Waals surface area contributed by atoms with Crippen LogP contribution < -0.4 is 5.32 Å². The number of hydrogen-bond donors (Lipinski definition) is 1. The van der Waals surface area contributed by atoms with E-state index in [1.54, 1.807) is 12.4 Å². The zero-order valence-corrected chi connectivity index (χ0v) is 9.77. The Bertz CT molecular complexity index is 261. The number of aromatic nitrogens is 2.